The molecule has 23 heavy (non-hydrogen) atoms. The summed E-state index contributed by atoms with van der Waals surface area (Å²) < 4.78 is 5.36. The van der Waals surface area contributed by atoms with Gasteiger partial charge in [-0.15, -0.1) is 0 Å². The van der Waals surface area contributed by atoms with Gasteiger partial charge in [0, 0.05) is 7.05 Å². The van der Waals surface area contributed by atoms with Crippen LogP contribution in [0, 0.1) is 5.92 Å². The maximum atomic E-state index is 12.3. The van der Waals surface area contributed by atoms with E-state index in [9.17, 15) is 4.79 Å². The second-order valence-corrected chi connectivity index (χ2v) is 6.17. The maximum Gasteiger partial charge on any atom is 0.247 e. The van der Waals surface area contributed by atoms with Gasteiger partial charge in [0.25, 0.3) is 0 Å². The van der Waals surface area contributed by atoms with Crippen molar-refractivity contribution >= 4 is 23.2 Å². The van der Waals surface area contributed by atoms with Crippen LogP contribution in [0.4, 0.5) is 17.3 Å². The van der Waals surface area contributed by atoms with Crippen molar-refractivity contribution in [3.63, 3.8) is 0 Å². The molecule has 1 amide bonds. The first kappa shape index (κ1) is 15.3. The number of fused-ring (bicyclic) bond motifs is 1. The van der Waals surface area contributed by atoms with Gasteiger partial charge in [0.2, 0.25) is 5.91 Å². The molecule has 2 aromatic heterocycles. The van der Waals surface area contributed by atoms with Gasteiger partial charge in [-0.3, -0.25) is 4.79 Å². The summed E-state index contributed by atoms with van der Waals surface area (Å²) in [6.07, 6.45) is 3.90. The molecular weight excluding hydrogens is 294 g/mol. The molecule has 3 rings (SSSR count). The number of anilines is 3. The third-order valence-electron chi connectivity index (χ3n) is 3.74. The number of nitrogens with one attached hydrogen (secondary N) is 2. The number of carbonyl (C=O) groups is 1. The minimum absolute atomic E-state index is 0.0475. The third-order valence-corrected chi connectivity index (χ3v) is 3.74. The zero-order valence-electron chi connectivity index (χ0n) is 13.5. The highest BCUT2D eigenvalue weighted by Crippen LogP contribution is 2.33. The Balaban J connectivity index is 1.83. The molecule has 0 fully saturated rings. The van der Waals surface area contributed by atoms with Crippen LogP contribution >= 0.6 is 0 Å². The van der Waals surface area contributed by atoms with Crippen LogP contribution in [0.5, 0.6) is 0 Å². The highest BCUT2D eigenvalue weighted by molar-refractivity contribution is 6.04. The van der Waals surface area contributed by atoms with E-state index in [2.05, 4.69) is 34.4 Å². The minimum atomic E-state index is -0.263. The second kappa shape index (κ2) is 6.28. The van der Waals surface area contributed by atoms with E-state index in [4.69, 9.17) is 4.42 Å². The smallest absolute Gasteiger partial charge is 0.247 e. The van der Waals surface area contributed by atoms with Gasteiger partial charge in [0.1, 0.15) is 23.8 Å². The molecule has 0 saturated heterocycles. The fourth-order valence-electron chi connectivity index (χ4n) is 2.68. The zero-order chi connectivity index (χ0) is 16.4. The Morgan fingerprint density at radius 2 is 2.22 bits per heavy atom. The Morgan fingerprint density at radius 3 is 2.91 bits per heavy atom. The van der Waals surface area contributed by atoms with E-state index in [1.54, 1.807) is 6.26 Å². The van der Waals surface area contributed by atoms with Crippen molar-refractivity contribution in [1.82, 2.24) is 9.97 Å². The SMILES string of the molecule is CC(C)CC1Nc2ncnc(N(C)Cc3ccco3)c2NC1=O. The molecule has 0 bridgehead atoms. The van der Waals surface area contributed by atoms with E-state index >= 15 is 0 Å². The number of carbonyl (C=O) groups excluding carboxylic acids is 1. The fraction of sp³-hybridized carbons (Fsp3) is 0.438. The average Bonchev–Trinajstić information content (AvgIpc) is 3.00. The van der Waals surface area contributed by atoms with Crippen molar-refractivity contribution in [2.45, 2.75) is 32.9 Å². The molecule has 1 unspecified atom stereocenters. The number of nitrogens with zero attached hydrogens (tertiary/aromatic N) is 3. The lowest BCUT2D eigenvalue weighted by atomic mass is 10.0. The minimum Gasteiger partial charge on any atom is -0.467 e. The van der Waals surface area contributed by atoms with E-state index in [1.807, 2.05) is 24.1 Å². The lowest BCUT2D eigenvalue weighted by molar-refractivity contribution is -0.117. The number of hydrogen-bond donors (Lipinski definition) is 2. The summed E-state index contributed by atoms with van der Waals surface area (Å²) >= 11 is 0. The second-order valence-electron chi connectivity index (χ2n) is 6.17. The van der Waals surface area contributed by atoms with Crippen LogP contribution in [0.1, 0.15) is 26.0 Å². The number of aromatic nitrogens is 2. The maximum absolute atomic E-state index is 12.3. The van der Waals surface area contributed by atoms with Gasteiger partial charge in [-0.2, -0.15) is 0 Å². The summed E-state index contributed by atoms with van der Waals surface area (Å²) in [7, 11) is 1.90. The summed E-state index contributed by atoms with van der Waals surface area (Å²) in [5, 5.41) is 6.16. The van der Waals surface area contributed by atoms with Crippen molar-refractivity contribution in [2.75, 3.05) is 22.6 Å². The Morgan fingerprint density at radius 1 is 1.39 bits per heavy atom. The molecule has 0 aliphatic carbocycles. The first-order chi connectivity index (χ1) is 11.0. The summed E-state index contributed by atoms with van der Waals surface area (Å²) in [6.45, 7) is 4.74. The molecule has 3 heterocycles. The van der Waals surface area contributed by atoms with Crippen LogP contribution < -0.4 is 15.5 Å². The topological polar surface area (TPSA) is 83.3 Å². The van der Waals surface area contributed by atoms with Crippen LogP contribution in [0.2, 0.25) is 0 Å². The van der Waals surface area contributed by atoms with Crippen LogP contribution in [0.3, 0.4) is 0 Å². The molecule has 0 spiro atoms. The third kappa shape index (κ3) is 3.28. The van der Waals surface area contributed by atoms with Gasteiger partial charge in [0.15, 0.2) is 11.6 Å². The molecule has 1 atom stereocenters. The lowest BCUT2D eigenvalue weighted by Crippen LogP contribution is -2.41. The van der Waals surface area contributed by atoms with E-state index in [0.29, 0.717) is 29.8 Å². The number of hydrogen-bond acceptors (Lipinski definition) is 6. The van der Waals surface area contributed by atoms with Crippen molar-refractivity contribution in [2.24, 2.45) is 5.92 Å². The summed E-state index contributed by atoms with van der Waals surface area (Å²) in [5.74, 6) is 2.52. The molecule has 7 nitrogen and oxygen atoms in total. The van der Waals surface area contributed by atoms with Gasteiger partial charge < -0.3 is 20.0 Å². The molecule has 7 heteroatoms. The van der Waals surface area contributed by atoms with Gasteiger partial charge >= 0.3 is 0 Å². The summed E-state index contributed by atoms with van der Waals surface area (Å²) in [6, 6.07) is 3.48. The van der Waals surface area contributed by atoms with Crippen LogP contribution in [0.25, 0.3) is 0 Å². The number of furan rings is 1. The predicted octanol–water partition coefficient (Wildman–Crippen LogP) is 2.48. The van der Waals surface area contributed by atoms with Crippen LogP contribution in [-0.4, -0.2) is 29.0 Å². The summed E-state index contributed by atoms with van der Waals surface area (Å²) in [5.41, 5.74) is 0.617. The largest absolute Gasteiger partial charge is 0.467 e. The molecule has 0 aromatic carbocycles. The van der Waals surface area contributed by atoms with E-state index in [-0.39, 0.29) is 11.9 Å². The highest BCUT2D eigenvalue weighted by atomic mass is 16.3. The van der Waals surface area contributed by atoms with Gasteiger partial charge in [-0.1, -0.05) is 13.8 Å². The van der Waals surface area contributed by atoms with E-state index in [1.165, 1.54) is 6.33 Å². The van der Waals surface area contributed by atoms with Crippen LogP contribution in [-0.2, 0) is 11.3 Å². The average molecular weight is 315 g/mol. The standard InChI is InChI=1S/C16H21N5O2/c1-10(2)7-12-16(22)20-13-14(19-12)17-9-18-15(13)21(3)8-11-5-4-6-23-11/h4-6,9-10,12H,7-8H2,1-3H3,(H,20,22)(H,17,18,19). The molecular formula is C16H21N5O2. The quantitative estimate of drug-likeness (QED) is 0.882. The molecule has 2 N–H and O–H groups in total. The summed E-state index contributed by atoms with van der Waals surface area (Å²) in [4.78, 5) is 22.8. The first-order valence-corrected chi connectivity index (χ1v) is 7.70. The highest BCUT2D eigenvalue weighted by Gasteiger charge is 2.29. The monoisotopic (exact) mass is 315 g/mol. The van der Waals surface area contributed by atoms with Crippen molar-refractivity contribution < 1.29 is 9.21 Å². The van der Waals surface area contributed by atoms with Crippen LogP contribution in [0.15, 0.2) is 29.1 Å². The van der Waals surface area contributed by atoms with Crippen molar-refractivity contribution in [3.05, 3.63) is 30.5 Å². The Hall–Kier alpha value is -2.57. The van der Waals surface area contributed by atoms with E-state index in [0.717, 1.165) is 12.2 Å². The predicted molar refractivity (Wildman–Crippen MR) is 88.3 cm³/mol. The number of amides is 1. The molecule has 122 valence electrons. The van der Waals surface area contributed by atoms with Gasteiger partial charge in [-0.25, -0.2) is 9.97 Å². The Kier molecular flexibility index (Phi) is 4.18. The Bertz CT molecular complexity index is 684. The zero-order valence-corrected chi connectivity index (χ0v) is 13.5. The molecule has 1 aliphatic heterocycles. The fourth-order valence-corrected chi connectivity index (χ4v) is 2.68. The van der Waals surface area contributed by atoms with Crippen molar-refractivity contribution in [3.8, 4) is 0 Å². The first-order valence-electron chi connectivity index (χ1n) is 7.70. The normalized spacial score (nSPS) is 16.7. The number of rotatable bonds is 5. The molecule has 2 aromatic rings. The lowest BCUT2D eigenvalue weighted by Gasteiger charge is -2.29. The molecule has 0 saturated carbocycles. The van der Waals surface area contributed by atoms with Crippen molar-refractivity contribution in [1.29, 1.82) is 0 Å². The molecule has 1 aliphatic rings. The Labute approximate surface area is 135 Å². The van der Waals surface area contributed by atoms with E-state index < -0.39 is 0 Å². The van der Waals surface area contributed by atoms with Gasteiger partial charge in [0.05, 0.1) is 12.8 Å². The molecule has 0 radical (unpaired) electrons. The van der Waals surface area contributed by atoms with Gasteiger partial charge in [-0.05, 0) is 24.5 Å².